The van der Waals surface area contributed by atoms with Gasteiger partial charge in [0.25, 0.3) is 0 Å². The van der Waals surface area contributed by atoms with Gasteiger partial charge in [-0.15, -0.1) is 6.58 Å². The quantitative estimate of drug-likeness (QED) is 0.399. The van der Waals surface area contributed by atoms with Crippen LogP contribution < -0.4 is 10.4 Å². The first kappa shape index (κ1) is 16.8. The number of benzene rings is 2. The van der Waals surface area contributed by atoms with Crippen molar-refractivity contribution in [3.05, 3.63) is 73.3 Å². The number of allylic oxidation sites excluding steroid dienone is 1. The molecule has 1 heteroatoms. The molecule has 2 aromatic rings. The fraction of sp³-hybridized carbons (Fsp3) is 0.333. The van der Waals surface area contributed by atoms with Gasteiger partial charge in [-0.3, -0.25) is 0 Å². The van der Waals surface area contributed by atoms with Crippen LogP contribution in [0.1, 0.15) is 33.6 Å². The molecule has 0 amide bonds. The zero-order chi connectivity index (χ0) is 16.1. The highest BCUT2D eigenvalue weighted by Gasteiger charge is 2.46. The van der Waals surface area contributed by atoms with Crippen LogP contribution in [0.5, 0.6) is 0 Å². The van der Waals surface area contributed by atoms with Crippen LogP contribution >= 0.6 is 0 Å². The minimum atomic E-state index is -1.83. The molecule has 0 saturated carbocycles. The molecule has 2 rings (SSSR count). The third-order valence-electron chi connectivity index (χ3n) is 4.77. The molecule has 2 aromatic carbocycles. The molecular weight excluding hydrogens is 280 g/mol. The Morgan fingerprint density at radius 1 is 0.864 bits per heavy atom. The van der Waals surface area contributed by atoms with E-state index in [1.165, 1.54) is 12.5 Å². The monoisotopic (exact) mass is 308 g/mol. The lowest BCUT2D eigenvalue weighted by atomic mass is 10.2. The fourth-order valence-electron chi connectivity index (χ4n) is 3.65. The van der Waals surface area contributed by atoms with Crippen molar-refractivity contribution >= 4 is 18.4 Å². The molecule has 22 heavy (non-hydrogen) atoms. The summed E-state index contributed by atoms with van der Waals surface area (Å²) in [6.45, 7) is 11.2. The van der Waals surface area contributed by atoms with Gasteiger partial charge in [0.2, 0.25) is 0 Å². The molecule has 0 unspecified atom stereocenters. The lowest BCUT2D eigenvalue weighted by Crippen LogP contribution is -2.64. The smallest absolute Gasteiger partial charge is 0.103 e. The predicted octanol–water partition coefficient (Wildman–Crippen LogP) is 5.02. The Hall–Kier alpha value is -1.60. The Labute approximate surface area is 136 Å². The summed E-state index contributed by atoms with van der Waals surface area (Å²) in [4.78, 5) is 0. The summed E-state index contributed by atoms with van der Waals surface area (Å²) in [7, 11) is -1.83. The molecule has 0 saturated heterocycles. The largest absolute Gasteiger partial charge is 0.123 e. The number of unbranched alkanes of at least 4 members (excludes halogenated alkanes) is 1. The molecule has 0 nitrogen and oxygen atoms in total. The average molecular weight is 309 g/mol. The predicted molar refractivity (Wildman–Crippen MR) is 102 cm³/mol. The van der Waals surface area contributed by atoms with Crippen molar-refractivity contribution in [1.29, 1.82) is 0 Å². The maximum atomic E-state index is 3.90. The molecule has 0 aliphatic carbocycles. The van der Waals surface area contributed by atoms with E-state index in [1.54, 1.807) is 10.4 Å². The summed E-state index contributed by atoms with van der Waals surface area (Å²) in [5.74, 6) is 0. The van der Waals surface area contributed by atoms with E-state index < -0.39 is 8.07 Å². The van der Waals surface area contributed by atoms with Crippen LogP contribution in [0.15, 0.2) is 73.3 Å². The Kier molecular flexibility index (Phi) is 5.41. The number of hydrogen-bond donors (Lipinski definition) is 0. The zero-order valence-electron chi connectivity index (χ0n) is 14.2. The van der Waals surface area contributed by atoms with Crippen LogP contribution in [0, 0.1) is 0 Å². The maximum Gasteiger partial charge on any atom is 0.123 e. The van der Waals surface area contributed by atoms with Crippen molar-refractivity contribution in [3.8, 4) is 0 Å². The minimum Gasteiger partial charge on any atom is -0.103 e. The molecule has 116 valence electrons. The molecule has 0 aliphatic heterocycles. The molecule has 0 bridgehead atoms. The molecular formula is C21H28Si. The Morgan fingerprint density at radius 2 is 1.32 bits per heavy atom. The third-order valence-corrected chi connectivity index (χ3v) is 11.1. The van der Waals surface area contributed by atoms with E-state index in [1.807, 2.05) is 0 Å². The van der Waals surface area contributed by atoms with Gasteiger partial charge in [-0.2, -0.15) is 0 Å². The van der Waals surface area contributed by atoms with E-state index in [2.05, 4.69) is 94.1 Å². The first-order chi connectivity index (χ1) is 10.5. The number of hydrogen-bond acceptors (Lipinski definition) is 0. The van der Waals surface area contributed by atoms with Gasteiger partial charge < -0.3 is 0 Å². The first-order valence-corrected chi connectivity index (χ1v) is 10.4. The van der Waals surface area contributed by atoms with E-state index in [-0.39, 0.29) is 5.04 Å². The van der Waals surface area contributed by atoms with Gasteiger partial charge in [0.15, 0.2) is 0 Å². The van der Waals surface area contributed by atoms with Gasteiger partial charge in [-0.05, 0) is 17.5 Å². The lowest BCUT2D eigenvalue weighted by Gasteiger charge is -2.44. The molecule has 0 aliphatic rings. The molecule has 0 radical (unpaired) electrons. The second-order valence-corrected chi connectivity index (χ2v) is 12.0. The van der Waals surface area contributed by atoms with Crippen molar-refractivity contribution in [2.75, 3.05) is 0 Å². The molecule has 0 N–H and O–H groups in total. The van der Waals surface area contributed by atoms with Crippen molar-refractivity contribution < 1.29 is 0 Å². The molecule has 0 heterocycles. The zero-order valence-corrected chi connectivity index (χ0v) is 15.2. The maximum absolute atomic E-state index is 3.90. The summed E-state index contributed by atoms with van der Waals surface area (Å²) < 4.78 is 0. The van der Waals surface area contributed by atoms with Crippen molar-refractivity contribution in [3.63, 3.8) is 0 Å². The van der Waals surface area contributed by atoms with Crippen LogP contribution in [0.4, 0.5) is 0 Å². The Balaban J connectivity index is 2.61. The summed E-state index contributed by atoms with van der Waals surface area (Å²) in [5, 5.41) is 3.38. The standard InChI is InChI=1S/C21H28Si/c1-5-6-13-18-22(21(2,3)4,19-14-9-7-10-15-19)20-16-11-8-12-17-20/h5,7-12,14-17H,1,6,13,18H2,2-4H3. The highest BCUT2D eigenvalue weighted by atomic mass is 28.3. The Morgan fingerprint density at radius 3 is 1.68 bits per heavy atom. The van der Waals surface area contributed by atoms with Gasteiger partial charge >= 0.3 is 0 Å². The van der Waals surface area contributed by atoms with E-state index in [4.69, 9.17) is 0 Å². The summed E-state index contributed by atoms with van der Waals surface area (Å²) in [6.07, 6.45) is 4.37. The van der Waals surface area contributed by atoms with Gasteiger partial charge in [0.1, 0.15) is 8.07 Å². The van der Waals surface area contributed by atoms with Crippen LogP contribution in [0.2, 0.25) is 11.1 Å². The van der Waals surface area contributed by atoms with E-state index in [0.29, 0.717) is 0 Å². The van der Waals surface area contributed by atoms with Crippen LogP contribution in [0.3, 0.4) is 0 Å². The molecule has 0 spiro atoms. The van der Waals surface area contributed by atoms with E-state index in [9.17, 15) is 0 Å². The Bertz CT molecular complexity index is 539. The second kappa shape index (κ2) is 7.10. The SMILES string of the molecule is C=CCCC[Si](c1ccccc1)(c1ccccc1)C(C)(C)C. The van der Waals surface area contributed by atoms with Crippen LogP contribution in [0.25, 0.3) is 0 Å². The van der Waals surface area contributed by atoms with E-state index >= 15 is 0 Å². The van der Waals surface area contributed by atoms with Crippen molar-refractivity contribution in [2.24, 2.45) is 0 Å². The normalized spacial score (nSPS) is 12.1. The van der Waals surface area contributed by atoms with Gasteiger partial charge in [-0.1, -0.05) is 104 Å². The van der Waals surface area contributed by atoms with Crippen LogP contribution in [-0.2, 0) is 0 Å². The first-order valence-electron chi connectivity index (χ1n) is 8.24. The van der Waals surface area contributed by atoms with Gasteiger partial charge in [0.05, 0.1) is 0 Å². The second-order valence-electron chi connectivity index (χ2n) is 7.07. The molecule has 0 atom stereocenters. The summed E-state index contributed by atoms with van der Waals surface area (Å²) in [6, 6.07) is 23.7. The molecule has 0 fully saturated rings. The number of rotatable bonds is 6. The topological polar surface area (TPSA) is 0 Å². The van der Waals surface area contributed by atoms with Crippen molar-refractivity contribution in [2.45, 2.75) is 44.7 Å². The minimum absolute atomic E-state index is 0.275. The summed E-state index contributed by atoms with van der Waals surface area (Å²) >= 11 is 0. The molecule has 0 aromatic heterocycles. The van der Waals surface area contributed by atoms with Crippen molar-refractivity contribution in [1.82, 2.24) is 0 Å². The van der Waals surface area contributed by atoms with Gasteiger partial charge in [-0.25, -0.2) is 0 Å². The fourth-order valence-corrected chi connectivity index (χ4v) is 9.30. The average Bonchev–Trinajstić information content (AvgIpc) is 2.52. The highest BCUT2D eigenvalue weighted by molar-refractivity contribution is 7.04. The van der Waals surface area contributed by atoms with Gasteiger partial charge in [0, 0.05) is 0 Å². The summed E-state index contributed by atoms with van der Waals surface area (Å²) in [5.41, 5.74) is 0. The van der Waals surface area contributed by atoms with Crippen LogP contribution in [-0.4, -0.2) is 8.07 Å². The third kappa shape index (κ3) is 3.25. The lowest BCUT2D eigenvalue weighted by molar-refractivity contribution is 0.717. The highest BCUT2D eigenvalue weighted by Crippen LogP contribution is 2.39. The van der Waals surface area contributed by atoms with E-state index in [0.717, 1.165) is 6.42 Å².